The van der Waals surface area contributed by atoms with Gasteiger partial charge in [-0.3, -0.25) is 10.1 Å². The fraction of sp³-hybridized carbons (Fsp3) is 0.273. The molecular formula is C11H12N4O3. The van der Waals surface area contributed by atoms with E-state index in [0.717, 1.165) is 6.07 Å². The minimum atomic E-state index is -0.598. The van der Waals surface area contributed by atoms with Crippen LogP contribution >= 0.6 is 0 Å². The van der Waals surface area contributed by atoms with E-state index in [0.29, 0.717) is 5.69 Å². The molecule has 0 atom stereocenters. The molecule has 0 bridgehead atoms. The Hall–Kier alpha value is -2.62. The number of nitrogens with zero attached hydrogens (tertiary/aromatic N) is 4. The summed E-state index contributed by atoms with van der Waals surface area (Å²) >= 11 is 0. The molecule has 0 amide bonds. The fourth-order valence-corrected chi connectivity index (χ4v) is 1.24. The molecule has 0 saturated heterocycles. The van der Waals surface area contributed by atoms with Crippen LogP contribution in [0, 0.1) is 21.4 Å². The van der Waals surface area contributed by atoms with E-state index in [1.54, 1.807) is 19.0 Å². The first-order valence-electron chi connectivity index (χ1n) is 4.96. The van der Waals surface area contributed by atoms with E-state index < -0.39 is 4.92 Å². The van der Waals surface area contributed by atoms with Gasteiger partial charge in [0.1, 0.15) is 6.07 Å². The Bertz CT molecular complexity index is 532. The van der Waals surface area contributed by atoms with Gasteiger partial charge in [0.2, 0.25) is 0 Å². The Morgan fingerprint density at radius 2 is 2.22 bits per heavy atom. The average Bonchev–Trinajstić information content (AvgIpc) is 2.34. The SMILES string of the molecule is COc1cc(N=CN(C)C)c(C#N)cc1[N+](=O)[O-]. The number of nitro groups is 1. The minimum absolute atomic E-state index is 0.0740. The molecule has 0 radical (unpaired) electrons. The highest BCUT2D eigenvalue weighted by atomic mass is 16.6. The molecule has 18 heavy (non-hydrogen) atoms. The maximum atomic E-state index is 10.8. The van der Waals surface area contributed by atoms with Crippen molar-refractivity contribution < 1.29 is 9.66 Å². The zero-order valence-electron chi connectivity index (χ0n) is 10.2. The van der Waals surface area contributed by atoms with Crippen molar-refractivity contribution in [3.05, 3.63) is 27.8 Å². The summed E-state index contributed by atoms with van der Waals surface area (Å²) < 4.78 is 4.92. The molecule has 0 aromatic heterocycles. The van der Waals surface area contributed by atoms with Gasteiger partial charge >= 0.3 is 5.69 Å². The van der Waals surface area contributed by atoms with Crippen LogP contribution in [0.25, 0.3) is 0 Å². The zero-order chi connectivity index (χ0) is 13.7. The molecular weight excluding hydrogens is 236 g/mol. The van der Waals surface area contributed by atoms with Crippen LogP contribution in [0.5, 0.6) is 5.75 Å². The summed E-state index contributed by atoms with van der Waals surface area (Å²) in [6.07, 6.45) is 1.50. The highest BCUT2D eigenvalue weighted by molar-refractivity contribution is 5.69. The molecule has 1 aromatic rings. The van der Waals surface area contributed by atoms with Gasteiger partial charge in [-0.15, -0.1) is 0 Å². The fourth-order valence-electron chi connectivity index (χ4n) is 1.24. The second kappa shape index (κ2) is 5.63. The van der Waals surface area contributed by atoms with Crippen LogP contribution in [0.1, 0.15) is 5.56 Å². The largest absolute Gasteiger partial charge is 0.490 e. The molecule has 1 aromatic carbocycles. The Labute approximate surface area is 104 Å². The van der Waals surface area contributed by atoms with E-state index in [2.05, 4.69) is 4.99 Å². The number of hydrogen-bond acceptors (Lipinski definition) is 5. The highest BCUT2D eigenvalue weighted by Gasteiger charge is 2.18. The van der Waals surface area contributed by atoms with Crippen molar-refractivity contribution in [3.63, 3.8) is 0 Å². The molecule has 7 nitrogen and oxygen atoms in total. The molecule has 0 fully saturated rings. The summed E-state index contributed by atoms with van der Waals surface area (Å²) in [6.45, 7) is 0. The molecule has 0 heterocycles. The van der Waals surface area contributed by atoms with Crippen LogP contribution in [0.15, 0.2) is 17.1 Å². The smallest absolute Gasteiger partial charge is 0.312 e. The van der Waals surface area contributed by atoms with Gasteiger partial charge in [-0.2, -0.15) is 5.26 Å². The second-order valence-electron chi connectivity index (χ2n) is 3.62. The van der Waals surface area contributed by atoms with E-state index in [1.807, 2.05) is 6.07 Å². The number of rotatable bonds is 4. The maximum absolute atomic E-state index is 10.8. The predicted molar refractivity (Wildman–Crippen MR) is 66.2 cm³/mol. The topological polar surface area (TPSA) is 91.8 Å². The zero-order valence-corrected chi connectivity index (χ0v) is 10.2. The Balaban J connectivity index is 3.36. The normalized spacial score (nSPS) is 10.1. The lowest BCUT2D eigenvalue weighted by Gasteiger charge is -2.06. The summed E-state index contributed by atoms with van der Waals surface area (Å²) in [6, 6.07) is 4.40. The third-order valence-electron chi connectivity index (χ3n) is 2.04. The van der Waals surface area contributed by atoms with Crippen molar-refractivity contribution >= 4 is 17.7 Å². The lowest BCUT2D eigenvalue weighted by molar-refractivity contribution is -0.385. The van der Waals surface area contributed by atoms with Crippen molar-refractivity contribution in [2.45, 2.75) is 0 Å². The first-order valence-corrected chi connectivity index (χ1v) is 4.96. The van der Waals surface area contributed by atoms with E-state index in [4.69, 9.17) is 10.00 Å². The third-order valence-corrected chi connectivity index (χ3v) is 2.04. The van der Waals surface area contributed by atoms with Gasteiger partial charge in [-0.25, -0.2) is 4.99 Å². The summed E-state index contributed by atoms with van der Waals surface area (Å²) in [7, 11) is 4.88. The monoisotopic (exact) mass is 248 g/mol. The first-order chi connectivity index (χ1) is 8.49. The lowest BCUT2D eigenvalue weighted by atomic mass is 10.1. The van der Waals surface area contributed by atoms with Gasteiger partial charge in [0.05, 0.1) is 29.6 Å². The molecule has 0 saturated carbocycles. The number of ether oxygens (including phenoxy) is 1. The number of nitriles is 1. The van der Waals surface area contributed by atoms with Gasteiger partial charge in [0.15, 0.2) is 5.75 Å². The summed E-state index contributed by atoms with van der Waals surface area (Å²) in [5.74, 6) is 0.0740. The van der Waals surface area contributed by atoms with Crippen molar-refractivity contribution in [1.82, 2.24) is 4.90 Å². The van der Waals surface area contributed by atoms with Crippen LogP contribution in [0.2, 0.25) is 0 Å². The summed E-state index contributed by atoms with van der Waals surface area (Å²) in [4.78, 5) is 15.9. The Morgan fingerprint density at radius 3 is 2.67 bits per heavy atom. The molecule has 1 rings (SSSR count). The lowest BCUT2D eigenvalue weighted by Crippen LogP contribution is -2.07. The molecule has 0 unspecified atom stereocenters. The number of benzene rings is 1. The standard InChI is InChI=1S/C11H12N4O3/c1-14(2)7-13-9-5-11(18-3)10(15(16)17)4-8(9)6-12/h4-5,7H,1-3H3. The maximum Gasteiger partial charge on any atom is 0.312 e. The van der Waals surface area contributed by atoms with Crippen LogP contribution in [-0.2, 0) is 0 Å². The first kappa shape index (κ1) is 13.4. The van der Waals surface area contributed by atoms with Crippen LogP contribution in [-0.4, -0.2) is 37.4 Å². The van der Waals surface area contributed by atoms with E-state index >= 15 is 0 Å². The third kappa shape index (κ3) is 2.95. The minimum Gasteiger partial charge on any atom is -0.490 e. The molecule has 0 N–H and O–H groups in total. The number of aliphatic imine (C=N–C) groups is 1. The Morgan fingerprint density at radius 1 is 1.56 bits per heavy atom. The highest BCUT2D eigenvalue weighted by Crippen LogP contribution is 2.34. The number of methoxy groups -OCH3 is 1. The summed E-state index contributed by atoms with van der Waals surface area (Å²) in [5.41, 5.74) is 0.201. The van der Waals surface area contributed by atoms with Gasteiger partial charge in [0, 0.05) is 26.2 Å². The number of hydrogen-bond donors (Lipinski definition) is 0. The van der Waals surface area contributed by atoms with E-state index in [9.17, 15) is 10.1 Å². The summed E-state index contributed by atoms with van der Waals surface area (Å²) in [5, 5.41) is 19.7. The molecule has 94 valence electrons. The van der Waals surface area contributed by atoms with Crippen LogP contribution < -0.4 is 4.74 Å². The molecule has 0 aliphatic heterocycles. The average molecular weight is 248 g/mol. The van der Waals surface area contributed by atoms with Crippen molar-refractivity contribution in [3.8, 4) is 11.8 Å². The molecule has 7 heteroatoms. The molecule has 0 aliphatic carbocycles. The van der Waals surface area contributed by atoms with Gasteiger partial charge in [-0.05, 0) is 0 Å². The Kier molecular flexibility index (Phi) is 4.21. The molecule has 0 spiro atoms. The van der Waals surface area contributed by atoms with Gasteiger partial charge in [0.25, 0.3) is 0 Å². The van der Waals surface area contributed by atoms with Crippen LogP contribution in [0.4, 0.5) is 11.4 Å². The quantitative estimate of drug-likeness (QED) is 0.350. The molecule has 0 aliphatic rings. The van der Waals surface area contributed by atoms with Gasteiger partial charge < -0.3 is 9.64 Å². The van der Waals surface area contributed by atoms with Crippen molar-refractivity contribution in [1.29, 1.82) is 5.26 Å². The number of nitro benzene ring substituents is 1. The second-order valence-corrected chi connectivity index (χ2v) is 3.62. The van der Waals surface area contributed by atoms with Gasteiger partial charge in [-0.1, -0.05) is 0 Å². The van der Waals surface area contributed by atoms with E-state index in [1.165, 1.54) is 19.5 Å². The van der Waals surface area contributed by atoms with Crippen molar-refractivity contribution in [2.75, 3.05) is 21.2 Å². The van der Waals surface area contributed by atoms with Crippen LogP contribution in [0.3, 0.4) is 0 Å². The van der Waals surface area contributed by atoms with Crippen molar-refractivity contribution in [2.24, 2.45) is 4.99 Å². The predicted octanol–water partition coefficient (Wildman–Crippen LogP) is 1.70. The van der Waals surface area contributed by atoms with E-state index in [-0.39, 0.29) is 17.0 Å².